The molecule has 0 spiro atoms. The number of hydrogen-bond acceptors (Lipinski definition) is 1. The van der Waals surface area contributed by atoms with E-state index in [1.165, 1.54) is 93.5 Å². The molecule has 0 N–H and O–H groups in total. The van der Waals surface area contributed by atoms with Gasteiger partial charge in [0.05, 0.1) is 0 Å². The maximum atomic E-state index is 2.37. The molecule has 12 aromatic carbocycles. The van der Waals surface area contributed by atoms with Crippen molar-refractivity contribution in [3.05, 3.63) is 273 Å². The molecule has 0 atom stereocenters. The van der Waals surface area contributed by atoms with E-state index in [1.54, 1.807) is 0 Å². The molecule has 0 aliphatic heterocycles. The number of anilines is 3. The molecule has 0 heterocycles. The molecule has 0 bridgehead atoms. The van der Waals surface area contributed by atoms with Crippen LogP contribution in [0.25, 0.3) is 99.1 Å². The smallest absolute Gasteiger partial charge is 0.0462 e. The predicted octanol–water partition coefficient (Wildman–Crippen LogP) is 18.6. The topological polar surface area (TPSA) is 3.24 Å². The average molecular weight is 852 g/mol. The zero-order valence-electron chi connectivity index (χ0n) is 36.9. The third-order valence-corrected chi connectivity index (χ3v) is 13.3. The lowest BCUT2D eigenvalue weighted by molar-refractivity contribution is 1.28. The summed E-state index contributed by atoms with van der Waals surface area (Å²) < 4.78 is 0. The van der Waals surface area contributed by atoms with E-state index in [1.807, 2.05) is 0 Å². The van der Waals surface area contributed by atoms with Gasteiger partial charge in [-0.2, -0.15) is 0 Å². The Balaban J connectivity index is 0.917. The third kappa shape index (κ3) is 7.63. The van der Waals surface area contributed by atoms with E-state index >= 15 is 0 Å². The fraction of sp³-hybridized carbons (Fsp3) is 0. The maximum Gasteiger partial charge on any atom is 0.0462 e. The first-order valence-corrected chi connectivity index (χ1v) is 23.1. The van der Waals surface area contributed by atoms with Crippen molar-refractivity contribution in [3.63, 3.8) is 0 Å². The van der Waals surface area contributed by atoms with Gasteiger partial charge in [0, 0.05) is 17.1 Å². The van der Waals surface area contributed by atoms with Gasteiger partial charge < -0.3 is 4.90 Å². The summed E-state index contributed by atoms with van der Waals surface area (Å²) in [5.41, 5.74) is 17.7. The summed E-state index contributed by atoms with van der Waals surface area (Å²) in [5, 5.41) is 7.57. The Kier molecular flexibility index (Phi) is 10.3. The SMILES string of the molecule is c1ccc(-c2ccccc2-c2ccccc2-c2ccccc2-c2ccc(N(c3ccc(-c4ccc5ccccc5c4)cc3)c3ccc(-c4ccc5c(ccc6ccccc65)c4)cc3)cc2)cc1. The monoisotopic (exact) mass is 851 g/mol. The second-order valence-electron chi connectivity index (χ2n) is 17.3. The molecular formula is C66H45N. The molecule has 12 aromatic rings. The molecule has 0 aliphatic carbocycles. The van der Waals surface area contributed by atoms with Crippen LogP contribution in [0.3, 0.4) is 0 Å². The van der Waals surface area contributed by atoms with E-state index in [4.69, 9.17) is 0 Å². The molecule has 0 saturated heterocycles. The Labute approximate surface area is 392 Å². The van der Waals surface area contributed by atoms with E-state index in [-0.39, 0.29) is 0 Å². The van der Waals surface area contributed by atoms with Crippen molar-refractivity contribution in [2.45, 2.75) is 0 Å². The first kappa shape index (κ1) is 39.8. The lowest BCUT2D eigenvalue weighted by Gasteiger charge is -2.26. The molecule has 0 radical (unpaired) electrons. The summed E-state index contributed by atoms with van der Waals surface area (Å²) in [6.45, 7) is 0. The Hall–Kier alpha value is -8.78. The van der Waals surface area contributed by atoms with Gasteiger partial charge >= 0.3 is 0 Å². The van der Waals surface area contributed by atoms with Crippen LogP contribution in [0.5, 0.6) is 0 Å². The highest BCUT2D eigenvalue weighted by atomic mass is 15.1. The number of hydrogen-bond donors (Lipinski definition) is 0. The minimum Gasteiger partial charge on any atom is -0.311 e. The van der Waals surface area contributed by atoms with Gasteiger partial charge in [-0.1, -0.05) is 224 Å². The van der Waals surface area contributed by atoms with Gasteiger partial charge in [0.1, 0.15) is 0 Å². The lowest BCUT2D eigenvalue weighted by Crippen LogP contribution is -2.09. The molecule has 0 unspecified atom stereocenters. The van der Waals surface area contributed by atoms with Crippen LogP contribution in [-0.4, -0.2) is 0 Å². The molecule has 12 rings (SSSR count). The largest absolute Gasteiger partial charge is 0.311 e. The van der Waals surface area contributed by atoms with Gasteiger partial charge in [0.15, 0.2) is 0 Å². The summed E-state index contributed by atoms with van der Waals surface area (Å²) in [7, 11) is 0. The first-order chi connectivity index (χ1) is 33.2. The first-order valence-electron chi connectivity index (χ1n) is 23.1. The normalized spacial score (nSPS) is 11.3. The van der Waals surface area contributed by atoms with Crippen LogP contribution in [0.1, 0.15) is 0 Å². The number of benzene rings is 12. The zero-order chi connectivity index (χ0) is 44.5. The van der Waals surface area contributed by atoms with Gasteiger partial charge in [0.2, 0.25) is 0 Å². The van der Waals surface area contributed by atoms with E-state index in [9.17, 15) is 0 Å². The number of rotatable bonds is 9. The maximum absolute atomic E-state index is 2.37. The Morgan fingerprint density at radius 3 is 1.09 bits per heavy atom. The quantitative estimate of drug-likeness (QED) is 0.131. The summed E-state index contributed by atoms with van der Waals surface area (Å²) in [6, 6.07) is 99.4. The van der Waals surface area contributed by atoms with Crippen LogP contribution >= 0.6 is 0 Å². The Morgan fingerprint density at radius 2 is 0.522 bits per heavy atom. The third-order valence-electron chi connectivity index (χ3n) is 13.3. The van der Waals surface area contributed by atoms with Crippen LogP contribution < -0.4 is 4.90 Å². The van der Waals surface area contributed by atoms with Crippen molar-refractivity contribution >= 4 is 49.4 Å². The Bertz CT molecular complexity index is 3720. The number of nitrogens with zero attached hydrogens (tertiary/aromatic N) is 1. The van der Waals surface area contributed by atoms with Crippen LogP contribution in [-0.2, 0) is 0 Å². The van der Waals surface area contributed by atoms with Crippen molar-refractivity contribution in [3.8, 4) is 66.8 Å². The second-order valence-corrected chi connectivity index (χ2v) is 17.3. The van der Waals surface area contributed by atoms with Gasteiger partial charge in [-0.05, 0) is 148 Å². The lowest BCUT2D eigenvalue weighted by atomic mass is 9.87. The average Bonchev–Trinajstić information content (AvgIpc) is 3.41. The van der Waals surface area contributed by atoms with Crippen molar-refractivity contribution in [2.24, 2.45) is 0 Å². The standard InChI is InChI=1S/C66H45N/c1-2-15-49(16-3-1)60-20-8-10-22-63(60)65-24-12-13-25-66(65)64-23-11-9-21-61(64)51-34-41-58(42-35-51)67(56-37-30-47(31-38-56)53-28-26-46-14-4-5-18-52(46)44-53)57-39-32-48(33-40-57)54-36-43-62-55(45-54)29-27-50-17-6-7-19-59(50)62/h1-45H. The van der Waals surface area contributed by atoms with E-state index in [2.05, 4.69) is 278 Å². The molecule has 1 heteroatoms. The van der Waals surface area contributed by atoms with Gasteiger partial charge in [-0.3, -0.25) is 0 Å². The van der Waals surface area contributed by atoms with Gasteiger partial charge in [0.25, 0.3) is 0 Å². The van der Waals surface area contributed by atoms with Gasteiger partial charge in [-0.25, -0.2) is 0 Å². The second kappa shape index (κ2) is 17.3. The molecule has 67 heavy (non-hydrogen) atoms. The summed E-state index contributed by atoms with van der Waals surface area (Å²) in [4.78, 5) is 2.37. The van der Waals surface area contributed by atoms with Crippen LogP contribution in [0, 0.1) is 0 Å². The fourth-order valence-electron chi connectivity index (χ4n) is 9.91. The van der Waals surface area contributed by atoms with Crippen molar-refractivity contribution < 1.29 is 0 Å². The van der Waals surface area contributed by atoms with Crippen LogP contribution in [0.2, 0.25) is 0 Å². The zero-order valence-corrected chi connectivity index (χ0v) is 36.9. The van der Waals surface area contributed by atoms with Crippen LogP contribution in [0.15, 0.2) is 273 Å². The molecule has 0 saturated carbocycles. The van der Waals surface area contributed by atoms with Crippen molar-refractivity contribution in [1.29, 1.82) is 0 Å². The van der Waals surface area contributed by atoms with Crippen molar-refractivity contribution in [2.75, 3.05) is 4.90 Å². The summed E-state index contributed by atoms with van der Waals surface area (Å²) >= 11 is 0. The van der Waals surface area contributed by atoms with E-state index in [0.29, 0.717) is 0 Å². The molecule has 0 aromatic heterocycles. The highest BCUT2D eigenvalue weighted by Gasteiger charge is 2.18. The van der Waals surface area contributed by atoms with Crippen LogP contribution in [0.4, 0.5) is 17.1 Å². The van der Waals surface area contributed by atoms with E-state index in [0.717, 1.165) is 22.6 Å². The minimum atomic E-state index is 1.09. The summed E-state index contributed by atoms with van der Waals surface area (Å²) in [5.74, 6) is 0. The van der Waals surface area contributed by atoms with Crippen molar-refractivity contribution in [1.82, 2.24) is 0 Å². The van der Waals surface area contributed by atoms with E-state index < -0.39 is 0 Å². The predicted molar refractivity (Wildman–Crippen MR) is 286 cm³/mol. The molecular weight excluding hydrogens is 807 g/mol. The Morgan fingerprint density at radius 1 is 0.179 bits per heavy atom. The molecule has 0 amide bonds. The highest BCUT2D eigenvalue weighted by molar-refractivity contribution is 6.08. The minimum absolute atomic E-state index is 1.09. The molecule has 314 valence electrons. The number of fused-ring (bicyclic) bond motifs is 4. The molecule has 0 fully saturated rings. The highest BCUT2D eigenvalue weighted by Crippen LogP contribution is 2.43. The molecule has 1 nitrogen and oxygen atoms in total. The van der Waals surface area contributed by atoms with Gasteiger partial charge in [-0.15, -0.1) is 0 Å². The summed E-state index contributed by atoms with van der Waals surface area (Å²) in [6.07, 6.45) is 0. The molecule has 0 aliphatic rings. The fourth-order valence-corrected chi connectivity index (χ4v) is 9.91.